The number of hydrogen-bond donors (Lipinski definition) is 0. The molecule has 78 valence electrons. The highest BCUT2D eigenvalue weighted by molar-refractivity contribution is 8.14. The van der Waals surface area contributed by atoms with Crippen LogP contribution >= 0.6 is 11.8 Å². The van der Waals surface area contributed by atoms with Crippen molar-refractivity contribution in [2.45, 2.75) is 31.4 Å². The van der Waals surface area contributed by atoms with Gasteiger partial charge in [-0.1, -0.05) is 11.8 Å². The van der Waals surface area contributed by atoms with Gasteiger partial charge in [-0.15, -0.1) is 0 Å². The van der Waals surface area contributed by atoms with Crippen LogP contribution in [0.3, 0.4) is 0 Å². The van der Waals surface area contributed by atoms with E-state index in [1.54, 1.807) is 6.92 Å². The van der Waals surface area contributed by atoms with E-state index in [2.05, 4.69) is 0 Å². The number of carbonyl (C=O) groups excluding carboxylic acids is 2. The number of thioether (sulfide) groups is 1. The zero-order chi connectivity index (χ0) is 10.1. The highest BCUT2D eigenvalue weighted by atomic mass is 32.2. The Hall–Kier alpha value is -0.510. The van der Waals surface area contributed by atoms with Crippen molar-refractivity contribution in [1.29, 1.82) is 0 Å². The molecular weight excluding hydrogens is 198 g/mol. The lowest BCUT2D eigenvalue weighted by molar-refractivity contribution is -0.127. The number of likely N-dealkylation sites (tertiary alicyclic amines) is 1. The van der Waals surface area contributed by atoms with Crippen LogP contribution in [-0.4, -0.2) is 34.3 Å². The van der Waals surface area contributed by atoms with Crippen molar-refractivity contribution < 1.29 is 9.59 Å². The molecule has 1 unspecified atom stereocenters. The Morgan fingerprint density at radius 2 is 2.29 bits per heavy atom. The molecule has 0 aromatic carbocycles. The lowest BCUT2D eigenvalue weighted by atomic mass is 10.4. The van der Waals surface area contributed by atoms with E-state index < -0.39 is 0 Å². The van der Waals surface area contributed by atoms with Gasteiger partial charge in [-0.05, 0) is 18.8 Å². The van der Waals surface area contributed by atoms with Crippen molar-refractivity contribution >= 4 is 22.8 Å². The quantitative estimate of drug-likeness (QED) is 0.708. The number of carbonyl (C=O) groups is 2. The third-order valence-corrected chi connectivity index (χ3v) is 3.67. The lowest BCUT2D eigenvalue weighted by Gasteiger charge is -2.15. The molecule has 1 saturated carbocycles. The number of amides is 1. The van der Waals surface area contributed by atoms with Crippen LogP contribution in [-0.2, 0) is 9.59 Å². The van der Waals surface area contributed by atoms with Gasteiger partial charge in [-0.25, -0.2) is 0 Å². The predicted molar refractivity (Wildman–Crippen MR) is 56.0 cm³/mol. The van der Waals surface area contributed by atoms with Gasteiger partial charge >= 0.3 is 0 Å². The van der Waals surface area contributed by atoms with Crippen molar-refractivity contribution in [3.05, 3.63) is 0 Å². The van der Waals surface area contributed by atoms with Gasteiger partial charge in [0.1, 0.15) is 0 Å². The first-order valence-electron chi connectivity index (χ1n) is 5.10. The molecule has 14 heavy (non-hydrogen) atoms. The first-order chi connectivity index (χ1) is 6.65. The maximum absolute atomic E-state index is 11.5. The van der Waals surface area contributed by atoms with E-state index in [0.29, 0.717) is 6.42 Å². The van der Waals surface area contributed by atoms with E-state index in [1.807, 2.05) is 4.90 Å². The summed E-state index contributed by atoms with van der Waals surface area (Å²) < 4.78 is 0. The number of rotatable bonds is 3. The molecular formula is C10H15NO2S. The average Bonchev–Trinajstić information content (AvgIpc) is 2.79. The van der Waals surface area contributed by atoms with Gasteiger partial charge in [-0.2, -0.15) is 0 Å². The van der Waals surface area contributed by atoms with Gasteiger partial charge in [0.2, 0.25) is 5.91 Å². The van der Waals surface area contributed by atoms with E-state index in [-0.39, 0.29) is 16.3 Å². The highest BCUT2D eigenvalue weighted by Crippen LogP contribution is 2.32. The molecule has 0 aromatic rings. The Bertz CT molecular complexity index is 263. The average molecular weight is 213 g/mol. The molecule has 2 rings (SSSR count). The number of hydrogen-bond acceptors (Lipinski definition) is 3. The summed E-state index contributed by atoms with van der Waals surface area (Å²) in [5.41, 5.74) is 0. The molecule has 1 aliphatic carbocycles. The molecule has 2 fully saturated rings. The Morgan fingerprint density at radius 1 is 1.57 bits per heavy atom. The van der Waals surface area contributed by atoms with Crippen LogP contribution in [0.4, 0.5) is 0 Å². The van der Waals surface area contributed by atoms with Crippen LogP contribution in [0.2, 0.25) is 0 Å². The third kappa shape index (κ3) is 2.50. The Kier molecular flexibility index (Phi) is 2.81. The van der Waals surface area contributed by atoms with Gasteiger partial charge < -0.3 is 4.90 Å². The maximum Gasteiger partial charge on any atom is 0.223 e. The summed E-state index contributed by atoms with van der Waals surface area (Å²) in [4.78, 5) is 24.3. The van der Waals surface area contributed by atoms with Crippen molar-refractivity contribution in [3.8, 4) is 0 Å². The molecule has 1 aliphatic heterocycles. The fourth-order valence-corrected chi connectivity index (χ4v) is 2.79. The van der Waals surface area contributed by atoms with E-state index in [1.165, 1.54) is 24.6 Å². The predicted octanol–water partition coefficient (Wildman–Crippen LogP) is 1.28. The molecule has 0 N–H and O–H groups in total. The highest BCUT2D eigenvalue weighted by Gasteiger charge is 2.34. The van der Waals surface area contributed by atoms with Crippen molar-refractivity contribution in [2.75, 3.05) is 13.1 Å². The smallest absolute Gasteiger partial charge is 0.223 e. The first-order valence-corrected chi connectivity index (χ1v) is 5.98. The van der Waals surface area contributed by atoms with Crippen LogP contribution in [0.1, 0.15) is 26.2 Å². The van der Waals surface area contributed by atoms with Gasteiger partial charge in [0.05, 0.1) is 0 Å². The van der Waals surface area contributed by atoms with Crippen molar-refractivity contribution in [2.24, 2.45) is 5.92 Å². The summed E-state index contributed by atoms with van der Waals surface area (Å²) in [7, 11) is 0. The van der Waals surface area contributed by atoms with E-state index in [9.17, 15) is 9.59 Å². The fourth-order valence-electron chi connectivity index (χ4n) is 1.84. The second kappa shape index (κ2) is 3.93. The largest absolute Gasteiger partial charge is 0.341 e. The third-order valence-electron chi connectivity index (χ3n) is 2.69. The molecule has 0 spiro atoms. The second-order valence-corrected chi connectivity index (χ2v) is 5.65. The first kappa shape index (κ1) is 10.0. The molecule has 1 amide bonds. The maximum atomic E-state index is 11.5. The molecule has 0 aromatic heterocycles. The van der Waals surface area contributed by atoms with Gasteiger partial charge in [-0.3, -0.25) is 9.59 Å². The molecule has 3 nitrogen and oxygen atoms in total. The molecule has 1 heterocycles. The zero-order valence-corrected chi connectivity index (χ0v) is 9.18. The van der Waals surface area contributed by atoms with Gasteiger partial charge in [0, 0.05) is 31.7 Å². The summed E-state index contributed by atoms with van der Waals surface area (Å²) >= 11 is 1.32. The van der Waals surface area contributed by atoms with E-state index in [0.717, 1.165) is 19.0 Å². The summed E-state index contributed by atoms with van der Waals surface area (Å²) in [6.07, 6.45) is 3.10. The van der Waals surface area contributed by atoms with Crippen molar-refractivity contribution in [3.63, 3.8) is 0 Å². The minimum atomic E-state index is 0.121. The van der Waals surface area contributed by atoms with Gasteiger partial charge in [0.15, 0.2) is 5.12 Å². The Labute approximate surface area is 88.2 Å². The summed E-state index contributed by atoms with van der Waals surface area (Å²) in [5.74, 6) is 0.982. The monoisotopic (exact) mass is 213 g/mol. The second-order valence-electron chi connectivity index (χ2n) is 4.18. The molecule has 1 saturated heterocycles. The van der Waals surface area contributed by atoms with Crippen LogP contribution in [0.5, 0.6) is 0 Å². The molecule has 4 heteroatoms. The molecule has 2 aliphatic rings. The summed E-state index contributed by atoms with van der Waals surface area (Å²) in [6, 6.07) is 0. The summed E-state index contributed by atoms with van der Waals surface area (Å²) in [6.45, 7) is 3.27. The lowest BCUT2D eigenvalue weighted by Crippen LogP contribution is -2.27. The van der Waals surface area contributed by atoms with Crippen LogP contribution in [0.15, 0.2) is 0 Å². The SMILES string of the molecule is CC(=O)SC1CC(=O)N(CC2CC2)C1. The molecule has 0 radical (unpaired) electrons. The van der Waals surface area contributed by atoms with Gasteiger partial charge in [0.25, 0.3) is 0 Å². The molecule has 1 atom stereocenters. The Balaban J connectivity index is 1.82. The van der Waals surface area contributed by atoms with Crippen LogP contribution < -0.4 is 0 Å². The van der Waals surface area contributed by atoms with E-state index >= 15 is 0 Å². The van der Waals surface area contributed by atoms with Crippen LogP contribution in [0, 0.1) is 5.92 Å². The molecule has 0 bridgehead atoms. The normalized spacial score (nSPS) is 27.1. The number of nitrogens with zero attached hydrogens (tertiary/aromatic N) is 1. The zero-order valence-electron chi connectivity index (χ0n) is 8.36. The Morgan fingerprint density at radius 3 is 2.86 bits per heavy atom. The standard InChI is InChI=1S/C10H15NO2S/c1-7(12)14-9-4-10(13)11(6-9)5-8-2-3-8/h8-9H,2-6H2,1H3. The van der Waals surface area contributed by atoms with Crippen LogP contribution in [0.25, 0.3) is 0 Å². The van der Waals surface area contributed by atoms with Crippen molar-refractivity contribution in [1.82, 2.24) is 4.90 Å². The topological polar surface area (TPSA) is 37.4 Å². The summed E-state index contributed by atoms with van der Waals surface area (Å²) in [5, 5.41) is 0.329. The fraction of sp³-hybridized carbons (Fsp3) is 0.800. The minimum Gasteiger partial charge on any atom is -0.341 e. The minimum absolute atomic E-state index is 0.121. The van der Waals surface area contributed by atoms with E-state index in [4.69, 9.17) is 0 Å².